The highest BCUT2D eigenvalue weighted by atomic mass is 79.9. The number of rotatable bonds is 5. The van der Waals surface area contributed by atoms with Gasteiger partial charge in [0.2, 0.25) is 5.91 Å². The van der Waals surface area contributed by atoms with E-state index in [0.717, 1.165) is 22.2 Å². The second-order valence-corrected chi connectivity index (χ2v) is 6.85. The van der Waals surface area contributed by atoms with Crippen molar-refractivity contribution in [2.75, 3.05) is 5.32 Å². The molecule has 0 aromatic heterocycles. The molecule has 0 unspecified atom stereocenters. The molecule has 2 rings (SSSR count). The smallest absolute Gasteiger partial charge is 0.237 e. The molecule has 0 aliphatic carbocycles. The Kier molecular flexibility index (Phi) is 5.97. The predicted molar refractivity (Wildman–Crippen MR) is 89.9 cm³/mol. The van der Waals surface area contributed by atoms with Crippen molar-refractivity contribution in [3.05, 3.63) is 64.1 Å². The Morgan fingerprint density at radius 2 is 1.95 bits per heavy atom. The third kappa shape index (κ3) is 4.55. The van der Waals surface area contributed by atoms with Crippen molar-refractivity contribution >= 4 is 39.3 Å². The van der Waals surface area contributed by atoms with E-state index in [2.05, 4.69) is 21.2 Å². The summed E-state index contributed by atoms with van der Waals surface area (Å²) in [5.74, 6) is -1.49. The number of thioether (sulfide) groups is 1. The Labute approximate surface area is 140 Å². The molecule has 2 nitrogen and oxygen atoms in total. The fourth-order valence-corrected chi connectivity index (χ4v) is 3.23. The zero-order valence-corrected chi connectivity index (χ0v) is 14.2. The first kappa shape index (κ1) is 17.0. The zero-order chi connectivity index (χ0) is 16.1. The lowest BCUT2D eigenvalue weighted by Gasteiger charge is -2.13. The van der Waals surface area contributed by atoms with Gasteiger partial charge in [-0.2, -0.15) is 0 Å². The first-order valence-electron chi connectivity index (χ1n) is 6.58. The monoisotopic (exact) mass is 385 g/mol. The Hall–Kier alpha value is -1.40. The van der Waals surface area contributed by atoms with Crippen LogP contribution >= 0.6 is 27.7 Å². The van der Waals surface area contributed by atoms with Crippen molar-refractivity contribution in [1.29, 1.82) is 0 Å². The minimum Gasteiger partial charge on any atom is -0.325 e. The van der Waals surface area contributed by atoms with Crippen LogP contribution in [0.15, 0.2) is 46.9 Å². The van der Waals surface area contributed by atoms with Gasteiger partial charge < -0.3 is 5.32 Å². The van der Waals surface area contributed by atoms with Crippen LogP contribution in [0.1, 0.15) is 12.5 Å². The lowest BCUT2D eigenvalue weighted by molar-refractivity contribution is -0.115. The summed E-state index contributed by atoms with van der Waals surface area (Å²) in [5, 5.41) is 2.26. The van der Waals surface area contributed by atoms with Crippen molar-refractivity contribution in [2.24, 2.45) is 0 Å². The number of carbonyl (C=O) groups is 1. The summed E-state index contributed by atoms with van der Waals surface area (Å²) in [6, 6.07) is 11.1. The molecule has 0 aliphatic rings. The van der Waals surface area contributed by atoms with Gasteiger partial charge in [-0.05, 0) is 30.7 Å². The molecule has 0 saturated heterocycles. The van der Waals surface area contributed by atoms with Crippen LogP contribution in [0.5, 0.6) is 0 Å². The topological polar surface area (TPSA) is 29.1 Å². The molecule has 1 amide bonds. The van der Waals surface area contributed by atoms with Crippen molar-refractivity contribution < 1.29 is 13.6 Å². The summed E-state index contributed by atoms with van der Waals surface area (Å²) in [5.41, 5.74) is 1.34. The predicted octanol–water partition coefficient (Wildman–Crippen LogP) is 4.99. The average molecular weight is 386 g/mol. The molecule has 0 aliphatic heterocycles. The Balaban J connectivity index is 1.92. The number of carbonyl (C=O) groups excluding carboxylic acids is 1. The van der Waals surface area contributed by atoms with Gasteiger partial charge in [0.1, 0.15) is 0 Å². The maximum absolute atomic E-state index is 13.1. The highest BCUT2D eigenvalue weighted by Gasteiger charge is 2.15. The van der Waals surface area contributed by atoms with Crippen LogP contribution < -0.4 is 5.32 Å². The quantitative estimate of drug-likeness (QED) is 0.785. The molecule has 1 N–H and O–H groups in total. The van der Waals surface area contributed by atoms with E-state index in [0.29, 0.717) is 5.75 Å². The SMILES string of the molecule is C[C@@H](SCc1ccccc1Br)C(=O)Nc1ccc(F)c(F)c1. The molecule has 0 bridgehead atoms. The van der Waals surface area contributed by atoms with Crippen LogP contribution in [-0.2, 0) is 10.5 Å². The van der Waals surface area contributed by atoms with Gasteiger partial charge >= 0.3 is 0 Å². The van der Waals surface area contributed by atoms with Gasteiger partial charge in [0.15, 0.2) is 11.6 Å². The van der Waals surface area contributed by atoms with E-state index in [4.69, 9.17) is 0 Å². The molecule has 2 aromatic rings. The van der Waals surface area contributed by atoms with E-state index in [9.17, 15) is 13.6 Å². The summed E-state index contributed by atoms with van der Waals surface area (Å²) in [4.78, 5) is 12.1. The normalized spacial score (nSPS) is 12.0. The van der Waals surface area contributed by atoms with Gasteiger partial charge in [0.25, 0.3) is 0 Å². The van der Waals surface area contributed by atoms with E-state index in [1.165, 1.54) is 17.8 Å². The van der Waals surface area contributed by atoms with Crippen LogP contribution in [0.3, 0.4) is 0 Å². The molecule has 2 aromatic carbocycles. The third-order valence-corrected chi connectivity index (χ3v) is 4.97. The number of anilines is 1. The van der Waals surface area contributed by atoms with E-state index in [1.54, 1.807) is 6.92 Å². The van der Waals surface area contributed by atoms with Crippen LogP contribution in [-0.4, -0.2) is 11.2 Å². The van der Waals surface area contributed by atoms with Crippen LogP contribution in [0, 0.1) is 11.6 Å². The molecule has 0 spiro atoms. The number of benzene rings is 2. The number of nitrogens with one attached hydrogen (secondary N) is 1. The van der Waals surface area contributed by atoms with Gasteiger partial charge in [-0.3, -0.25) is 4.79 Å². The van der Waals surface area contributed by atoms with Gasteiger partial charge in [0, 0.05) is 22.0 Å². The maximum atomic E-state index is 13.1. The maximum Gasteiger partial charge on any atom is 0.237 e. The molecule has 22 heavy (non-hydrogen) atoms. The minimum absolute atomic E-state index is 0.247. The van der Waals surface area contributed by atoms with E-state index in [-0.39, 0.29) is 16.8 Å². The van der Waals surface area contributed by atoms with Gasteiger partial charge in [0.05, 0.1) is 5.25 Å². The van der Waals surface area contributed by atoms with Crippen molar-refractivity contribution in [3.63, 3.8) is 0 Å². The van der Waals surface area contributed by atoms with E-state index >= 15 is 0 Å². The summed E-state index contributed by atoms with van der Waals surface area (Å²) in [6.45, 7) is 1.77. The standard InChI is InChI=1S/C16H14BrF2NOS/c1-10(22-9-11-4-2-3-5-13(11)17)16(21)20-12-6-7-14(18)15(19)8-12/h2-8,10H,9H2,1H3,(H,20,21)/t10-/m1/s1. The molecule has 6 heteroatoms. The summed E-state index contributed by atoms with van der Waals surface area (Å²) in [6.07, 6.45) is 0. The first-order chi connectivity index (χ1) is 10.5. The fourth-order valence-electron chi connectivity index (χ4n) is 1.72. The second-order valence-electron chi connectivity index (χ2n) is 4.66. The minimum atomic E-state index is -0.980. The average Bonchev–Trinajstić information content (AvgIpc) is 2.50. The second kappa shape index (κ2) is 7.74. The molecule has 0 heterocycles. The fraction of sp³-hybridized carbons (Fsp3) is 0.188. The number of amides is 1. The molecular formula is C16H14BrF2NOS. The molecule has 0 fully saturated rings. The van der Waals surface area contributed by atoms with Crippen LogP contribution in [0.2, 0.25) is 0 Å². The zero-order valence-electron chi connectivity index (χ0n) is 11.8. The van der Waals surface area contributed by atoms with Crippen molar-refractivity contribution in [3.8, 4) is 0 Å². The van der Waals surface area contributed by atoms with Crippen molar-refractivity contribution in [2.45, 2.75) is 17.9 Å². The Morgan fingerprint density at radius 1 is 1.23 bits per heavy atom. The Bertz CT molecular complexity index is 681. The number of hydrogen-bond acceptors (Lipinski definition) is 2. The van der Waals surface area contributed by atoms with Gasteiger partial charge in [-0.25, -0.2) is 8.78 Å². The molecule has 1 atom stereocenters. The molecule has 116 valence electrons. The lowest BCUT2D eigenvalue weighted by Crippen LogP contribution is -2.22. The molecule has 0 radical (unpaired) electrons. The van der Waals surface area contributed by atoms with Crippen LogP contribution in [0.25, 0.3) is 0 Å². The number of hydrogen-bond donors (Lipinski definition) is 1. The summed E-state index contributed by atoms with van der Waals surface area (Å²) < 4.78 is 26.9. The summed E-state index contributed by atoms with van der Waals surface area (Å²) in [7, 11) is 0. The molecule has 0 saturated carbocycles. The Morgan fingerprint density at radius 3 is 2.64 bits per heavy atom. The van der Waals surface area contributed by atoms with E-state index in [1.807, 2.05) is 24.3 Å². The highest BCUT2D eigenvalue weighted by molar-refractivity contribution is 9.10. The largest absolute Gasteiger partial charge is 0.325 e. The lowest BCUT2D eigenvalue weighted by atomic mass is 10.2. The van der Waals surface area contributed by atoms with Gasteiger partial charge in [-0.15, -0.1) is 11.8 Å². The van der Waals surface area contributed by atoms with Gasteiger partial charge in [-0.1, -0.05) is 34.1 Å². The highest BCUT2D eigenvalue weighted by Crippen LogP contribution is 2.24. The van der Waals surface area contributed by atoms with E-state index < -0.39 is 11.6 Å². The van der Waals surface area contributed by atoms with Crippen molar-refractivity contribution in [1.82, 2.24) is 0 Å². The number of halogens is 3. The molecular weight excluding hydrogens is 372 g/mol. The summed E-state index contributed by atoms with van der Waals surface area (Å²) >= 11 is 4.93. The third-order valence-electron chi connectivity index (χ3n) is 3.00. The first-order valence-corrected chi connectivity index (χ1v) is 8.42. The van der Waals surface area contributed by atoms with Crippen LogP contribution in [0.4, 0.5) is 14.5 Å².